The molecule has 0 aromatic heterocycles. The first-order chi connectivity index (χ1) is 12.7. The van der Waals surface area contributed by atoms with Gasteiger partial charge in [-0.1, -0.05) is 25.0 Å². The predicted molar refractivity (Wildman–Crippen MR) is 96.4 cm³/mol. The Balaban J connectivity index is 1.41. The second-order valence-electron chi connectivity index (χ2n) is 9.72. The van der Waals surface area contributed by atoms with Crippen molar-refractivity contribution >= 4 is 0 Å². The van der Waals surface area contributed by atoms with Crippen LogP contribution in [0.15, 0.2) is 11.6 Å². The van der Waals surface area contributed by atoms with Gasteiger partial charge in [-0.3, -0.25) is 0 Å². The predicted octanol–water partition coefficient (Wildman–Crippen LogP) is 4.05. The Kier molecular flexibility index (Phi) is 3.53. The largest absolute Gasteiger partial charge is 0.343 e. The van der Waals surface area contributed by atoms with Gasteiger partial charge in [-0.25, -0.2) is 0 Å². The Morgan fingerprint density at radius 1 is 0.923 bits per heavy atom. The lowest BCUT2D eigenvalue weighted by Gasteiger charge is -2.58. The van der Waals surface area contributed by atoms with Crippen molar-refractivity contribution in [3.05, 3.63) is 11.6 Å². The normalized spacial score (nSPS) is 55.7. The summed E-state index contributed by atoms with van der Waals surface area (Å²) >= 11 is 0. The van der Waals surface area contributed by atoms with E-state index in [1.165, 1.54) is 44.9 Å². The van der Waals surface area contributed by atoms with E-state index in [1.54, 1.807) is 5.57 Å². The quantitative estimate of drug-likeness (QED) is 0.611. The average Bonchev–Trinajstić information content (AvgIpc) is 2.94. The summed E-state index contributed by atoms with van der Waals surface area (Å²) in [6, 6.07) is 0. The first-order valence-corrected chi connectivity index (χ1v) is 10.9. The molecule has 0 aromatic rings. The van der Waals surface area contributed by atoms with Crippen molar-refractivity contribution < 1.29 is 18.9 Å². The first kappa shape index (κ1) is 16.5. The van der Waals surface area contributed by atoms with Gasteiger partial charge in [0, 0.05) is 11.8 Å². The lowest BCUT2D eigenvalue weighted by molar-refractivity contribution is -0.474. The molecule has 0 unspecified atom stereocenters. The van der Waals surface area contributed by atoms with Gasteiger partial charge in [0.25, 0.3) is 0 Å². The summed E-state index contributed by atoms with van der Waals surface area (Å²) in [5.41, 5.74) is 1.78. The molecule has 4 heteroatoms. The third-order valence-corrected chi connectivity index (χ3v) is 8.95. The van der Waals surface area contributed by atoms with Crippen LogP contribution in [0, 0.1) is 29.1 Å². The highest BCUT2D eigenvalue weighted by molar-refractivity contribution is 5.23. The van der Waals surface area contributed by atoms with E-state index in [4.69, 9.17) is 18.9 Å². The highest BCUT2D eigenvalue weighted by Gasteiger charge is 2.78. The number of allylic oxidation sites excluding steroid dienone is 2. The smallest absolute Gasteiger partial charge is 0.229 e. The highest BCUT2D eigenvalue weighted by atomic mass is 16.8. The van der Waals surface area contributed by atoms with Gasteiger partial charge in [-0.05, 0) is 62.2 Å². The molecule has 5 atom stereocenters. The van der Waals surface area contributed by atoms with Gasteiger partial charge >= 0.3 is 0 Å². The summed E-state index contributed by atoms with van der Waals surface area (Å²) in [6.07, 6.45) is 12.9. The van der Waals surface area contributed by atoms with Crippen LogP contribution in [-0.2, 0) is 18.9 Å². The molecule has 5 fully saturated rings. The molecule has 0 N–H and O–H groups in total. The van der Waals surface area contributed by atoms with Gasteiger partial charge in [-0.2, -0.15) is 0 Å². The van der Waals surface area contributed by atoms with Crippen LogP contribution in [0.5, 0.6) is 0 Å². The molecule has 2 saturated heterocycles. The van der Waals surface area contributed by atoms with E-state index in [0.29, 0.717) is 32.3 Å². The number of rotatable bonds is 0. The first-order valence-electron chi connectivity index (χ1n) is 10.9. The van der Waals surface area contributed by atoms with Crippen molar-refractivity contribution in [3.63, 3.8) is 0 Å². The summed E-state index contributed by atoms with van der Waals surface area (Å²) in [5.74, 6) is 1.63. The van der Waals surface area contributed by atoms with Crippen molar-refractivity contribution in [2.75, 3.05) is 26.4 Å². The standard InChI is InChI=1S/C22H32O4/c1-20-9-8-17-16-5-3-2-4-15(16)6-7-18(17)19(20)14-21-22(20,25-12-10-23-21)26-13-11-24-21/h6,16-19H,2-5,7-14H2,1H3/t16-,17+,18+,19-,20-,21?,22?/m0/s1. The second kappa shape index (κ2) is 5.56. The minimum Gasteiger partial charge on any atom is -0.343 e. The van der Waals surface area contributed by atoms with Gasteiger partial charge in [0.05, 0.1) is 26.4 Å². The second-order valence-corrected chi connectivity index (χ2v) is 9.72. The molecule has 0 amide bonds. The van der Waals surface area contributed by atoms with Crippen molar-refractivity contribution in [3.8, 4) is 0 Å². The maximum Gasteiger partial charge on any atom is 0.229 e. The van der Waals surface area contributed by atoms with Gasteiger partial charge in [0.1, 0.15) is 0 Å². The van der Waals surface area contributed by atoms with E-state index in [-0.39, 0.29) is 5.41 Å². The molecular formula is C22H32O4. The lowest BCUT2D eigenvalue weighted by Crippen LogP contribution is -2.69. The molecule has 0 spiro atoms. The topological polar surface area (TPSA) is 36.9 Å². The number of hydrogen-bond acceptors (Lipinski definition) is 4. The van der Waals surface area contributed by atoms with Crippen molar-refractivity contribution in [1.29, 1.82) is 0 Å². The molecule has 3 saturated carbocycles. The molecule has 4 nitrogen and oxygen atoms in total. The molecule has 6 aliphatic rings. The van der Waals surface area contributed by atoms with E-state index >= 15 is 0 Å². The number of hydrogen-bond donors (Lipinski definition) is 0. The fourth-order valence-corrected chi connectivity index (χ4v) is 7.94. The molecular weight excluding hydrogens is 328 g/mol. The third-order valence-electron chi connectivity index (χ3n) is 8.95. The maximum absolute atomic E-state index is 6.46. The SMILES string of the molecule is C[C@]12CC[C@H]3[C@@H](CC=C4CCCC[C@@H]43)[C@@H]1CC13OCCOC12OCCO3. The Morgan fingerprint density at radius 3 is 2.50 bits per heavy atom. The Hall–Kier alpha value is -0.420. The van der Waals surface area contributed by atoms with Crippen LogP contribution in [0.3, 0.4) is 0 Å². The van der Waals surface area contributed by atoms with Crippen molar-refractivity contribution in [1.82, 2.24) is 0 Å². The fraction of sp³-hybridized carbons (Fsp3) is 0.909. The monoisotopic (exact) mass is 360 g/mol. The molecule has 0 aromatic carbocycles. The lowest BCUT2D eigenvalue weighted by atomic mass is 9.52. The van der Waals surface area contributed by atoms with Crippen LogP contribution in [0.1, 0.15) is 58.3 Å². The van der Waals surface area contributed by atoms with Gasteiger partial charge < -0.3 is 18.9 Å². The van der Waals surface area contributed by atoms with Gasteiger partial charge in [0.2, 0.25) is 11.6 Å². The minimum absolute atomic E-state index is 0.00494. The van der Waals surface area contributed by atoms with Crippen LogP contribution in [0.25, 0.3) is 0 Å². The van der Waals surface area contributed by atoms with E-state index in [0.717, 1.165) is 24.2 Å². The summed E-state index contributed by atoms with van der Waals surface area (Å²) in [5, 5.41) is 0. The molecule has 0 bridgehead atoms. The number of ether oxygens (including phenoxy) is 4. The van der Waals surface area contributed by atoms with Crippen molar-refractivity contribution in [2.45, 2.75) is 69.9 Å². The Bertz CT molecular complexity index is 616. The third kappa shape index (κ3) is 1.85. The van der Waals surface area contributed by atoms with Gasteiger partial charge in [-0.15, -0.1) is 0 Å². The maximum atomic E-state index is 6.46. The molecule has 144 valence electrons. The summed E-state index contributed by atoms with van der Waals surface area (Å²) in [7, 11) is 0. The highest BCUT2D eigenvalue weighted by Crippen LogP contribution is 2.70. The zero-order valence-corrected chi connectivity index (χ0v) is 16.0. The molecule has 2 heterocycles. The fourth-order valence-electron chi connectivity index (χ4n) is 7.94. The van der Waals surface area contributed by atoms with Crippen LogP contribution in [0.4, 0.5) is 0 Å². The summed E-state index contributed by atoms with van der Waals surface area (Å²) in [6.45, 7) is 4.89. The van der Waals surface area contributed by atoms with Crippen LogP contribution in [-0.4, -0.2) is 38.0 Å². The number of fused-ring (bicyclic) bond motifs is 5. The summed E-state index contributed by atoms with van der Waals surface area (Å²) in [4.78, 5) is 0. The Labute approximate surface area is 156 Å². The van der Waals surface area contributed by atoms with E-state index in [2.05, 4.69) is 13.0 Å². The average molecular weight is 360 g/mol. The summed E-state index contributed by atoms with van der Waals surface area (Å²) < 4.78 is 25.6. The van der Waals surface area contributed by atoms with Crippen LogP contribution >= 0.6 is 0 Å². The van der Waals surface area contributed by atoms with Crippen LogP contribution < -0.4 is 0 Å². The van der Waals surface area contributed by atoms with Gasteiger partial charge in [0.15, 0.2) is 0 Å². The van der Waals surface area contributed by atoms with E-state index < -0.39 is 11.6 Å². The molecule has 4 aliphatic carbocycles. The molecule has 26 heavy (non-hydrogen) atoms. The zero-order chi connectivity index (χ0) is 17.4. The van der Waals surface area contributed by atoms with Crippen molar-refractivity contribution in [2.24, 2.45) is 29.1 Å². The van der Waals surface area contributed by atoms with Crippen LogP contribution in [0.2, 0.25) is 0 Å². The van der Waals surface area contributed by atoms with E-state index in [1.807, 2.05) is 0 Å². The van der Waals surface area contributed by atoms with E-state index in [9.17, 15) is 0 Å². The zero-order valence-electron chi connectivity index (χ0n) is 16.0. The minimum atomic E-state index is -0.692. The molecule has 0 radical (unpaired) electrons. The Morgan fingerprint density at radius 2 is 1.69 bits per heavy atom. The molecule has 6 rings (SSSR count). The molecule has 2 aliphatic heterocycles.